The van der Waals surface area contributed by atoms with Crippen LogP contribution in [0.1, 0.15) is 24.2 Å². The number of aliphatic carboxylic acids is 1. The molecule has 1 amide bonds. The molecule has 20 heavy (non-hydrogen) atoms. The van der Waals surface area contributed by atoms with Gasteiger partial charge in [-0.15, -0.1) is 0 Å². The van der Waals surface area contributed by atoms with Crippen LogP contribution in [0.3, 0.4) is 0 Å². The molecule has 1 aromatic carbocycles. The predicted molar refractivity (Wildman–Crippen MR) is 73.0 cm³/mol. The minimum atomic E-state index is -1.33. The second-order valence-corrected chi connectivity index (χ2v) is 4.75. The van der Waals surface area contributed by atoms with Crippen molar-refractivity contribution in [2.75, 3.05) is 20.3 Å². The van der Waals surface area contributed by atoms with Gasteiger partial charge in [-0.2, -0.15) is 0 Å². The molecule has 0 saturated heterocycles. The summed E-state index contributed by atoms with van der Waals surface area (Å²) in [6.45, 7) is 3.67. The van der Waals surface area contributed by atoms with Gasteiger partial charge in [0.15, 0.2) is 0 Å². The van der Waals surface area contributed by atoms with E-state index >= 15 is 0 Å². The highest BCUT2D eigenvalue weighted by Crippen LogP contribution is 2.14. The van der Waals surface area contributed by atoms with E-state index in [1.54, 1.807) is 31.4 Å². The summed E-state index contributed by atoms with van der Waals surface area (Å²) in [7, 11) is 1.57. The molecule has 0 bridgehead atoms. The van der Waals surface area contributed by atoms with Crippen molar-refractivity contribution in [1.82, 2.24) is 5.32 Å². The Labute approximate surface area is 117 Å². The zero-order chi connectivity index (χ0) is 15.2. The van der Waals surface area contributed by atoms with Gasteiger partial charge in [-0.3, -0.25) is 4.79 Å². The van der Waals surface area contributed by atoms with Crippen molar-refractivity contribution in [3.8, 4) is 5.75 Å². The third-order valence-corrected chi connectivity index (χ3v) is 2.61. The number of carbonyl (C=O) groups excluding carboxylic acids is 1. The van der Waals surface area contributed by atoms with E-state index in [1.165, 1.54) is 13.8 Å². The van der Waals surface area contributed by atoms with Crippen LogP contribution in [0.2, 0.25) is 0 Å². The molecule has 0 saturated carbocycles. The molecule has 0 radical (unpaired) electrons. The van der Waals surface area contributed by atoms with Crippen LogP contribution in [0.5, 0.6) is 5.75 Å². The fourth-order valence-corrected chi connectivity index (χ4v) is 1.38. The van der Waals surface area contributed by atoms with E-state index in [0.717, 1.165) is 0 Å². The molecular weight excluding hydrogens is 262 g/mol. The molecule has 1 aromatic rings. The minimum Gasteiger partial charge on any atom is -0.491 e. The highest BCUT2D eigenvalue weighted by molar-refractivity contribution is 5.97. The summed E-state index contributed by atoms with van der Waals surface area (Å²) in [4.78, 5) is 23.0. The number of hydrogen-bond donors (Lipinski definition) is 2. The summed E-state index contributed by atoms with van der Waals surface area (Å²) >= 11 is 0. The fourth-order valence-electron chi connectivity index (χ4n) is 1.38. The molecule has 2 N–H and O–H groups in total. The number of nitrogens with one attached hydrogen (secondary N) is 1. The molecule has 0 aliphatic rings. The molecule has 6 heteroatoms. The van der Waals surface area contributed by atoms with E-state index in [9.17, 15) is 9.59 Å². The molecule has 0 atom stereocenters. The Morgan fingerprint density at radius 3 is 2.60 bits per heavy atom. The summed E-state index contributed by atoms with van der Waals surface area (Å²) in [5.41, 5.74) is -0.987. The van der Waals surface area contributed by atoms with Crippen molar-refractivity contribution >= 4 is 11.9 Å². The molecule has 0 aliphatic carbocycles. The molecule has 0 fully saturated rings. The van der Waals surface area contributed by atoms with E-state index < -0.39 is 17.4 Å². The Hall–Kier alpha value is -2.08. The molecule has 6 nitrogen and oxygen atoms in total. The average molecular weight is 281 g/mol. The first-order valence-corrected chi connectivity index (χ1v) is 6.14. The first kappa shape index (κ1) is 16.0. The molecule has 0 aromatic heterocycles. The maximum Gasteiger partial charge on any atom is 0.328 e. The van der Waals surface area contributed by atoms with E-state index in [-0.39, 0.29) is 0 Å². The van der Waals surface area contributed by atoms with Crippen molar-refractivity contribution in [2.45, 2.75) is 19.4 Å². The lowest BCUT2D eigenvalue weighted by Gasteiger charge is -2.21. The molecular formula is C14H19NO5. The first-order chi connectivity index (χ1) is 9.36. The monoisotopic (exact) mass is 281 g/mol. The topological polar surface area (TPSA) is 84.9 Å². The van der Waals surface area contributed by atoms with Gasteiger partial charge in [-0.25, -0.2) is 4.79 Å². The van der Waals surface area contributed by atoms with Gasteiger partial charge in [0.05, 0.1) is 6.61 Å². The quantitative estimate of drug-likeness (QED) is 0.736. The largest absolute Gasteiger partial charge is 0.491 e. The number of carbonyl (C=O) groups is 2. The Morgan fingerprint density at radius 2 is 2.00 bits per heavy atom. The number of carboxylic acid groups (broad SMARTS) is 1. The number of carboxylic acids is 1. The third-order valence-electron chi connectivity index (χ3n) is 2.61. The summed E-state index contributed by atoms with van der Waals surface area (Å²) in [5.74, 6) is -1.03. The highest BCUT2D eigenvalue weighted by Gasteiger charge is 2.29. The van der Waals surface area contributed by atoms with E-state index in [2.05, 4.69) is 5.32 Å². The van der Waals surface area contributed by atoms with E-state index in [1.807, 2.05) is 0 Å². The highest BCUT2D eigenvalue weighted by atomic mass is 16.5. The smallest absolute Gasteiger partial charge is 0.328 e. The van der Waals surface area contributed by atoms with Crippen LogP contribution < -0.4 is 10.1 Å². The van der Waals surface area contributed by atoms with Gasteiger partial charge in [-0.1, -0.05) is 6.07 Å². The molecule has 0 unspecified atom stereocenters. The lowest BCUT2D eigenvalue weighted by molar-refractivity contribution is -0.143. The molecule has 110 valence electrons. The fraction of sp³-hybridized carbons (Fsp3) is 0.429. The standard InChI is InChI=1S/C14H19NO5/c1-14(2,13(17)18)15-12(16)10-5-4-6-11(9-10)20-8-7-19-3/h4-6,9H,7-8H2,1-3H3,(H,15,16)(H,17,18). The predicted octanol–water partition coefficient (Wildman–Crippen LogP) is 1.30. The Balaban J connectivity index is 2.73. The van der Waals surface area contributed by atoms with Crippen molar-refractivity contribution in [2.24, 2.45) is 0 Å². The van der Waals surface area contributed by atoms with Crippen molar-refractivity contribution in [3.63, 3.8) is 0 Å². The van der Waals surface area contributed by atoms with Crippen LogP contribution >= 0.6 is 0 Å². The van der Waals surface area contributed by atoms with Gasteiger partial charge < -0.3 is 19.9 Å². The minimum absolute atomic E-state index is 0.342. The molecule has 0 heterocycles. The second-order valence-electron chi connectivity index (χ2n) is 4.75. The lowest BCUT2D eigenvalue weighted by Crippen LogP contribution is -2.49. The number of amides is 1. The lowest BCUT2D eigenvalue weighted by atomic mass is 10.1. The third kappa shape index (κ3) is 4.55. The van der Waals surface area contributed by atoms with Gasteiger partial charge >= 0.3 is 5.97 Å². The van der Waals surface area contributed by atoms with Crippen LogP contribution in [-0.4, -0.2) is 42.8 Å². The Bertz CT molecular complexity index is 484. The van der Waals surface area contributed by atoms with Gasteiger partial charge in [0.25, 0.3) is 5.91 Å². The number of ether oxygens (including phenoxy) is 2. The SMILES string of the molecule is COCCOc1cccc(C(=O)NC(C)(C)C(=O)O)c1. The van der Waals surface area contributed by atoms with Crippen LogP contribution in [0.4, 0.5) is 0 Å². The zero-order valence-corrected chi connectivity index (χ0v) is 11.8. The van der Waals surface area contributed by atoms with Gasteiger partial charge in [-0.05, 0) is 32.0 Å². The summed E-state index contributed by atoms with van der Waals surface area (Å²) < 4.78 is 10.3. The summed E-state index contributed by atoms with van der Waals surface area (Å²) in [6.07, 6.45) is 0. The maximum absolute atomic E-state index is 12.0. The van der Waals surface area contributed by atoms with Crippen LogP contribution in [0.25, 0.3) is 0 Å². The number of rotatable bonds is 7. The van der Waals surface area contributed by atoms with Crippen LogP contribution in [-0.2, 0) is 9.53 Å². The molecule has 1 rings (SSSR count). The maximum atomic E-state index is 12.0. The molecule has 0 aliphatic heterocycles. The molecule has 0 spiro atoms. The average Bonchev–Trinajstić information content (AvgIpc) is 2.38. The zero-order valence-electron chi connectivity index (χ0n) is 11.8. The number of hydrogen-bond acceptors (Lipinski definition) is 4. The Kier molecular flexibility index (Phi) is 5.52. The van der Waals surface area contributed by atoms with Crippen LogP contribution in [0.15, 0.2) is 24.3 Å². The van der Waals surface area contributed by atoms with Crippen molar-refractivity contribution in [1.29, 1.82) is 0 Å². The first-order valence-electron chi connectivity index (χ1n) is 6.14. The van der Waals surface area contributed by atoms with Crippen LogP contribution in [0, 0.1) is 0 Å². The van der Waals surface area contributed by atoms with Crippen molar-refractivity contribution in [3.05, 3.63) is 29.8 Å². The van der Waals surface area contributed by atoms with E-state index in [4.69, 9.17) is 14.6 Å². The van der Waals surface area contributed by atoms with E-state index in [0.29, 0.717) is 24.5 Å². The number of benzene rings is 1. The normalized spacial score (nSPS) is 10.9. The second kappa shape index (κ2) is 6.91. The van der Waals surface area contributed by atoms with Gasteiger partial charge in [0, 0.05) is 12.7 Å². The van der Waals surface area contributed by atoms with Crippen molar-refractivity contribution < 1.29 is 24.2 Å². The summed E-state index contributed by atoms with van der Waals surface area (Å²) in [5, 5.41) is 11.4. The summed E-state index contributed by atoms with van der Waals surface area (Å²) in [6, 6.07) is 6.54. The van der Waals surface area contributed by atoms with Gasteiger partial charge in [0.1, 0.15) is 17.9 Å². The van der Waals surface area contributed by atoms with Gasteiger partial charge in [0.2, 0.25) is 0 Å². The number of methoxy groups -OCH3 is 1. The Morgan fingerprint density at radius 1 is 1.30 bits per heavy atom.